The first-order valence-electron chi connectivity index (χ1n) is 7.35. The fraction of sp³-hybridized carbons (Fsp3) is 0.400. The highest BCUT2D eigenvalue weighted by atomic mass is 35.5. The highest BCUT2D eigenvalue weighted by Crippen LogP contribution is 2.19. The van der Waals surface area contributed by atoms with Crippen molar-refractivity contribution in [2.24, 2.45) is 0 Å². The molecule has 1 saturated heterocycles. The van der Waals surface area contributed by atoms with Gasteiger partial charge in [-0.25, -0.2) is 0 Å². The van der Waals surface area contributed by atoms with E-state index >= 15 is 0 Å². The molecule has 122 valence electrons. The Labute approximate surface area is 138 Å². The van der Waals surface area contributed by atoms with E-state index in [0.29, 0.717) is 29.9 Å². The molecule has 1 amide bonds. The molecule has 0 unspecified atom stereocenters. The summed E-state index contributed by atoms with van der Waals surface area (Å²) in [5, 5.41) is 10.4. The van der Waals surface area contributed by atoms with E-state index in [1.807, 2.05) is 19.1 Å². The number of ether oxygens (including phenoxy) is 1. The summed E-state index contributed by atoms with van der Waals surface area (Å²) < 4.78 is 10.6. The fourth-order valence-corrected chi connectivity index (χ4v) is 2.56. The third kappa shape index (κ3) is 3.87. The summed E-state index contributed by atoms with van der Waals surface area (Å²) in [6.45, 7) is 3.29. The zero-order chi connectivity index (χ0) is 16.2. The van der Waals surface area contributed by atoms with Gasteiger partial charge in [0.05, 0.1) is 19.3 Å². The number of hydrogen-bond donors (Lipinski definition) is 2. The normalized spacial score (nSPS) is 21.1. The molecule has 1 fully saturated rings. The molecule has 2 heterocycles. The average molecular weight is 337 g/mol. The van der Waals surface area contributed by atoms with E-state index in [9.17, 15) is 4.79 Å². The lowest BCUT2D eigenvalue weighted by Crippen LogP contribution is -2.55. The smallest absolute Gasteiger partial charge is 0.246 e. The third-order valence-electron chi connectivity index (χ3n) is 3.56. The van der Waals surface area contributed by atoms with Gasteiger partial charge in [-0.2, -0.15) is 4.98 Å². The second kappa shape index (κ2) is 7.08. The van der Waals surface area contributed by atoms with E-state index in [-0.39, 0.29) is 24.6 Å². The van der Waals surface area contributed by atoms with Crippen molar-refractivity contribution in [3.63, 3.8) is 0 Å². The average Bonchev–Trinajstić information content (AvgIpc) is 3.02. The molecule has 0 aliphatic carbocycles. The van der Waals surface area contributed by atoms with Crippen LogP contribution in [-0.2, 0) is 16.1 Å². The van der Waals surface area contributed by atoms with Crippen molar-refractivity contribution in [3.05, 3.63) is 35.2 Å². The van der Waals surface area contributed by atoms with E-state index in [0.717, 1.165) is 5.56 Å². The van der Waals surface area contributed by atoms with Crippen molar-refractivity contribution >= 4 is 17.5 Å². The lowest BCUT2D eigenvalue weighted by atomic mass is 10.1. The summed E-state index contributed by atoms with van der Waals surface area (Å²) in [6.07, 6.45) is -0.173. The number of amides is 1. The molecule has 3 rings (SSSR count). The predicted molar refractivity (Wildman–Crippen MR) is 83.8 cm³/mol. The van der Waals surface area contributed by atoms with Gasteiger partial charge in [-0.3, -0.25) is 4.79 Å². The van der Waals surface area contributed by atoms with Gasteiger partial charge in [-0.05, 0) is 19.1 Å². The van der Waals surface area contributed by atoms with Gasteiger partial charge in [0.1, 0.15) is 6.04 Å². The fourth-order valence-electron chi connectivity index (χ4n) is 2.37. The van der Waals surface area contributed by atoms with Crippen molar-refractivity contribution in [3.8, 4) is 11.4 Å². The SMILES string of the molecule is C[C@H]1OCCN[C@@H]1C(=O)NCc1nc(-c2cccc(Cl)c2)no1. The van der Waals surface area contributed by atoms with Gasteiger partial charge >= 0.3 is 0 Å². The monoisotopic (exact) mass is 336 g/mol. The van der Waals surface area contributed by atoms with Crippen LogP contribution in [0.15, 0.2) is 28.8 Å². The number of rotatable bonds is 4. The number of benzene rings is 1. The topological polar surface area (TPSA) is 89.3 Å². The molecule has 1 aliphatic rings. The Hall–Kier alpha value is -1.96. The molecular weight excluding hydrogens is 320 g/mol. The van der Waals surface area contributed by atoms with Crippen molar-refractivity contribution in [1.29, 1.82) is 0 Å². The first kappa shape index (κ1) is 15.9. The summed E-state index contributed by atoms with van der Waals surface area (Å²) >= 11 is 5.94. The second-order valence-corrected chi connectivity index (χ2v) is 5.68. The summed E-state index contributed by atoms with van der Waals surface area (Å²) in [6, 6.07) is 6.79. The minimum absolute atomic E-state index is 0.153. The number of carbonyl (C=O) groups excluding carboxylic acids is 1. The zero-order valence-electron chi connectivity index (χ0n) is 12.6. The van der Waals surface area contributed by atoms with Crippen molar-refractivity contribution in [1.82, 2.24) is 20.8 Å². The number of carbonyl (C=O) groups is 1. The second-order valence-electron chi connectivity index (χ2n) is 5.25. The molecule has 2 atom stereocenters. The van der Waals surface area contributed by atoms with E-state index in [4.69, 9.17) is 20.9 Å². The minimum atomic E-state index is -0.376. The molecule has 23 heavy (non-hydrogen) atoms. The zero-order valence-corrected chi connectivity index (χ0v) is 13.3. The molecular formula is C15H17ClN4O3. The number of hydrogen-bond acceptors (Lipinski definition) is 6. The first-order chi connectivity index (χ1) is 11.1. The summed E-state index contributed by atoms with van der Waals surface area (Å²) in [5.74, 6) is 0.613. The quantitative estimate of drug-likeness (QED) is 0.877. The summed E-state index contributed by atoms with van der Waals surface area (Å²) in [5.41, 5.74) is 0.759. The molecule has 8 heteroatoms. The van der Waals surface area contributed by atoms with E-state index in [1.165, 1.54) is 0 Å². The highest BCUT2D eigenvalue weighted by molar-refractivity contribution is 6.30. The Morgan fingerprint density at radius 3 is 3.17 bits per heavy atom. The number of nitrogens with one attached hydrogen (secondary N) is 2. The van der Waals surface area contributed by atoms with Crippen LogP contribution in [0.4, 0.5) is 0 Å². The molecule has 7 nitrogen and oxygen atoms in total. The Balaban J connectivity index is 1.60. The van der Waals surface area contributed by atoms with Gasteiger partial charge in [-0.15, -0.1) is 0 Å². The lowest BCUT2D eigenvalue weighted by Gasteiger charge is -2.29. The Bertz CT molecular complexity index is 691. The van der Waals surface area contributed by atoms with Crippen molar-refractivity contribution in [2.75, 3.05) is 13.2 Å². The van der Waals surface area contributed by atoms with Gasteiger partial charge in [0, 0.05) is 17.1 Å². The van der Waals surface area contributed by atoms with Crippen LogP contribution in [0, 0.1) is 0 Å². The number of nitrogens with zero attached hydrogens (tertiary/aromatic N) is 2. The van der Waals surface area contributed by atoms with Crippen molar-refractivity contribution < 1.29 is 14.1 Å². The molecule has 0 bridgehead atoms. The van der Waals surface area contributed by atoms with Crippen LogP contribution < -0.4 is 10.6 Å². The molecule has 0 spiro atoms. The molecule has 1 aromatic heterocycles. The standard InChI is InChI=1S/C15H17ClN4O3/c1-9-13(17-5-6-22-9)15(21)18-8-12-19-14(20-23-12)10-3-2-4-11(16)7-10/h2-4,7,9,13,17H,5-6,8H2,1H3,(H,18,21)/t9-,13+/m1/s1. The summed E-state index contributed by atoms with van der Waals surface area (Å²) in [4.78, 5) is 16.4. The van der Waals surface area contributed by atoms with Crippen LogP contribution in [0.1, 0.15) is 12.8 Å². The third-order valence-corrected chi connectivity index (χ3v) is 3.80. The van der Waals surface area contributed by atoms with Crippen molar-refractivity contribution in [2.45, 2.75) is 25.6 Å². The Kier molecular flexibility index (Phi) is 4.90. The van der Waals surface area contributed by atoms with Crippen LogP contribution in [0.5, 0.6) is 0 Å². The van der Waals surface area contributed by atoms with Crippen LogP contribution >= 0.6 is 11.6 Å². The van der Waals surface area contributed by atoms with Crippen LogP contribution in [-0.4, -0.2) is 41.3 Å². The molecule has 2 aromatic rings. The molecule has 0 saturated carbocycles. The van der Waals surface area contributed by atoms with E-state index in [2.05, 4.69) is 20.8 Å². The maximum absolute atomic E-state index is 12.1. The molecule has 0 radical (unpaired) electrons. The number of aromatic nitrogens is 2. The lowest BCUT2D eigenvalue weighted by molar-refractivity contribution is -0.129. The van der Waals surface area contributed by atoms with E-state index < -0.39 is 0 Å². The molecule has 2 N–H and O–H groups in total. The summed E-state index contributed by atoms with van der Waals surface area (Å²) in [7, 11) is 0. The minimum Gasteiger partial charge on any atom is -0.375 e. The number of morpholine rings is 1. The van der Waals surface area contributed by atoms with Gasteiger partial charge in [-0.1, -0.05) is 28.9 Å². The predicted octanol–water partition coefficient (Wildman–Crippen LogP) is 1.38. The Morgan fingerprint density at radius 2 is 2.39 bits per heavy atom. The van der Waals surface area contributed by atoms with Crippen LogP contribution in [0.3, 0.4) is 0 Å². The number of halogens is 1. The maximum atomic E-state index is 12.1. The maximum Gasteiger partial charge on any atom is 0.246 e. The highest BCUT2D eigenvalue weighted by Gasteiger charge is 2.28. The van der Waals surface area contributed by atoms with Gasteiger partial charge in [0.15, 0.2) is 0 Å². The van der Waals surface area contributed by atoms with Gasteiger partial charge in [0.2, 0.25) is 17.6 Å². The Morgan fingerprint density at radius 1 is 1.52 bits per heavy atom. The van der Waals surface area contributed by atoms with Crippen LogP contribution in [0.2, 0.25) is 5.02 Å². The molecule has 1 aliphatic heterocycles. The molecule has 1 aromatic carbocycles. The van der Waals surface area contributed by atoms with E-state index in [1.54, 1.807) is 12.1 Å². The van der Waals surface area contributed by atoms with Crippen LogP contribution in [0.25, 0.3) is 11.4 Å². The first-order valence-corrected chi connectivity index (χ1v) is 7.72. The van der Waals surface area contributed by atoms with Gasteiger partial charge < -0.3 is 19.9 Å². The largest absolute Gasteiger partial charge is 0.375 e. The van der Waals surface area contributed by atoms with Gasteiger partial charge in [0.25, 0.3) is 0 Å².